The Morgan fingerprint density at radius 3 is 2.56 bits per heavy atom. The number of methoxy groups -OCH3 is 2. The maximum atomic E-state index is 11.9. The topological polar surface area (TPSA) is 44.8 Å². The quantitative estimate of drug-likeness (QED) is 0.768. The molecule has 4 heteroatoms. The van der Waals surface area contributed by atoms with Gasteiger partial charge in [0.25, 0.3) is 0 Å². The van der Waals surface area contributed by atoms with E-state index in [-0.39, 0.29) is 18.0 Å². The molecule has 0 bridgehead atoms. The highest BCUT2D eigenvalue weighted by Gasteiger charge is 2.33. The molecule has 4 nitrogen and oxygen atoms in total. The van der Waals surface area contributed by atoms with Crippen molar-refractivity contribution in [3.63, 3.8) is 0 Å². The van der Waals surface area contributed by atoms with Crippen LogP contribution >= 0.6 is 0 Å². The molecular weight excluding hydrogens is 232 g/mol. The molecule has 1 fully saturated rings. The Balaban J connectivity index is 2.23. The van der Waals surface area contributed by atoms with Gasteiger partial charge in [-0.05, 0) is 30.5 Å². The average molecular weight is 250 g/mol. The first-order valence-electron chi connectivity index (χ1n) is 6.09. The second-order valence-electron chi connectivity index (χ2n) is 4.33. The Morgan fingerprint density at radius 2 is 2.06 bits per heavy atom. The molecule has 0 saturated carbocycles. The predicted octanol–water partition coefficient (Wildman–Crippen LogP) is 2.13. The van der Waals surface area contributed by atoms with Gasteiger partial charge >= 0.3 is 5.97 Å². The standard InChI is InChI=1S/C14H18O4/c1-16-11-7-5-10(6-8-11)13(14(15)17-2)12-4-3-9-18-12/h5-8,12-13H,3-4,9H2,1-2H3/t12-,13-/m1/s1. The largest absolute Gasteiger partial charge is 0.497 e. The van der Waals surface area contributed by atoms with Crippen LogP contribution in [-0.2, 0) is 14.3 Å². The lowest BCUT2D eigenvalue weighted by Gasteiger charge is -2.21. The lowest BCUT2D eigenvalue weighted by atomic mass is 9.92. The summed E-state index contributed by atoms with van der Waals surface area (Å²) in [6, 6.07) is 7.48. The van der Waals surface area contributed by atoms with Crippen LogP contribution in [0, 0.1) is 0 Å². The van der Waals surface area contributed by atoms with Crippen LogP contribution in [-0.4, -0.2) is 32.9 Å². The minimum Gasteiger partial charge on any atom is -0.497 e. The fourth-order valence-corrected chi connectivity index (χ4v) is 2.31. The number of hydrogen-bond acceptors (Lipinski definition) is 4. The van der Waals surface area contributed by atoms with Gasteiger partial charge in [-0.15, -0.1) is 0 Å². The molecule has 1 aromatic rings. The van der Waals surface area contributed by atoms with Crippen LogP contribution < -0.4 is 4.74 Å². The zero-order chi connectivity index (χ0) is 13.0. The molecule has 0 aliphatic carbocycles. The molecule has 1 aliphatic rings. The molecule has 98 valence electrons. The van der Waals surface area contributed by atoms with Gasteiger partial charge in [0.15, 0.2) is 0 Å². The van der Waals surface area contributed by atoms with E-state index in [1.165, 1.54) is 7.11 Å². The molecule has 2 atom stereocenters. The van der Waals surface area contributed by atoms with E-state index >= 15 is 0 Å². The summed E-state index contributed by atoms with van der Waals surface area (Å²) in [6.07, 6.45) is 1.81. The van der Waals surface area contributed by atoms with Crippen molar-refractivity contribution >= 4 is 5.97 Å². The third-order valence-corrected chi connectivity index (χ3v) is 3.27. The predicted molar refractivity (Wildman–Crippen MR) is 66.7 cm³/mol. The maximum Gasteiger partial charge on any atom is 0.315 e. The third kappa shape index (κ3) is 2.64. The first kappa shape index (κ1) is 12.9. The van der Waals surface area contributed by atoms with Crippen LogP contribution in [0.4, 0.5) is 0 Å². The molecule has 0 N–H and O–H groups in total. The van der Waals surface area contributed by atoms with E-state index < -0.39 is 0 Å². The number of ether oxygens (including phenoxy) is 3. The molecule has 1 saturated heterocycles. The molecule has 0 radical (unpaired) electrons. The Bertz CT molecular complexity index is 393. The van der Waals surface area contributed by atoms with E-state index in [1.54, 1.807) is 7.11 Å². The van der Waals surface area contributed by atoms with E-state index in [1.807, 2.05) is 24.3 Å². The van der Waals surface area contributed by atoms with Gasteiger partial charge in [-0.2, -0.15) is 0 Å². The van der Waals surface area contributed by atoms with Gasteiger partial charge in [-0.1, -0.05) is 12.1 Å². The molecule has 1 aliphatic heterocycles. The lowest BCUT2D eigenvalue weighted by molar-refractivity contribution is -0.145. The summed E-state index contributed by atoms with van der Waals surface area (Å²) < 4.78 is 15.6. The van der Waals surface area contributed by atoms with Gasteiger partial charge < -0.3 is 14.2 Å². The van der Waals surface area contributed by atoms with Gasteiger partial charge in [-0.25, -0.2) is 0 Å². The highest BCUT2D eigenvalue weighted by Crippen LogP contribution is 2.31. The Labute approximate surface area is 107 Å². The van der Waals surface area contributed by atoms with E-state index in [0.717, 1.165) is 24.2 Å². The summed E-state index contributed by atoms with van der Waals surface area (Å²) in [5.41, 5.74) is 0.912. The Morgan fingerprint density at radius 1 is 1.33 bits per heavy atom. The van der Waals surface area contributed by atoms with Crippen LogP contribution in [0.25, 0.3) is 0 Å². The number of rotatable bonds is 4. The summed E-state index contributed by atoms with van der Waals surface area (Å²) in [6.45, 7) is 0.717. The molecule has 0 amide bonds. The minimum atomic E-state index is -0.344. The van der Waals surface area contributed by atoms with Crippen molar-refractivity contribution in [3.8, 4) is 5.75 Å². The number of esters is 1. The number of carbonyl (C=O) groups is 1. The van der Waals surface area contributed by atoms with Crippen molar-refractivity contribution in [2.45, 2.75) is 24.9 Å². The minimum absolute atomic E-state index is 0.0779. The first-order chi connectivity index (χ1) is 8.76. The van der Waals surface area contributed by atoms with Gasteiger partial charge in [0.2, 0.25) is 0 Å². The van der Waals surface area contributed by atoms with Crippen LogP contribution in [0.3, 0.4) is 0 Å². The monoisotopic (exact) mass is 250 g/mol. The first-order valence-corrected chi connectivity index (χ1v) is 6.09. The molecular formula is C14H18O4. The van der Waals surface area contributed by atoms with E-state index in [2.05, 4.69) is 0 Å². The van der Waals surface area contributed by atoms with Crippen LogP contribution in [0.2, 0.25) is 0 Å². The molecule has 1 heterocycles. The number of carbonyl (C=O) groups excluding carboxylic acids is 1. The van der Waals surface area contributed by atoms with Gasteiger partial charge in [0.1, 0.15) is 11.7 Å². The van der Waals surface area contributed by atoms with Crippen LogP contribution in [0.5, 0.6) is 5.75 Å². The zero-order valence-corrected chi connectivity index (χ0v) is 10.7. The second-order valence-corrected chi connectivity index (χ2v) is 4.33. The molecule has 1 aromatic carbocycles. The van der Waals surface area contributed by atoms with Gasteiger partial charge in [0.05, 0.1) is 20.3 Å². The van der Waals surface area contributed by atoms with E-state index in [0.29, 0.717) is 6.61 Å². The summed E-state index contributed by atoms with van der Waals surface area (Å²) in [5, 5.41) is 0. The number of benzene rings is 1. The van der Waals surface area contributed by atoms with E-state index in [4.69, 9.17) is 14.2 Å². The summed E-state index contributed by atoms with van der Waals surface area (Å²) in [7, 11) is 3.03. The van der Waals surface area contributed by atoms with Gasteiger partial charge in [-0.3, -0.25) is 4.79 Å². The molecule has 0 aromatic heterocycles. The molecule has 2 rings (SSSR count). The highest BCUT2D eigenvalue weighted by atomic mass is 16.5. The normalized spacial score (nSPS) is 20.4. The SMILES string of the molecule is COC(=O)[C@H](c1ccc(OC)cc1)[C@H]1CCCO1. The van der Waals surface area contributed by atoms with Crippen molar-refractivity contribution in [1.82, 2.24) is 0 Å². The molecule has 0 unspecified atom stereocenters. The summed E-state index contributed by atoms with van der Waals surface area (Å²) >= 11 is 0. The Hall–Kier alpha value is -1.55. The zero-order valence-electron chi connectivity index (χ0n) is 10.7. The molecule has 18 heavy (non-hydrogen) atoms. The fraction of sp³-hybridized carbons (Fsp3) is 0.500. The lowest BCUT2D eigenvalue weighted by Crippen LogP contribution is -2.26. The molecule has 0 spiro atoms. The van der Waals surface area contributed by atoms with Gasteiger partial charge in [0, 0.05) is 6.61 Å². The van der Waals surface area contributed by atoms with Crippen molar-refractivity contribution in [3.05, 3.63) is 29.8 Å². The highest BCUT2D eigenvalue weighted by molar-refractivity contribution is 5.79. The average Bonchev–Trinajstić information content (AvgIpc) is 2.93. The van der Waals surface area contributed by atoms with Crippen molar-refractivity contribution in [1.29, 1.82) is 0 Å². The smallest absolute Gasteiger partial charge is 0.315 e. The van der Waals surface area contributed by atoms with Crippen molar-refractivity contribution in [2.75, 3.05) is 20.8 Å². The third-order valence-electron chi connectivity index (χ3n) is 3.27. The fourth-order valence-electron chi connectivity index (χ4n) is 2.31. The summed E-state index contributed by atoms with van der Waals surface area (Å²) in [5.74, 6) is 0.185. The maximum absolute atomic E-state index is 11.9. The summed E-state index contributed by atoms with van der Waals surface area (Å²) in [4.78, 5) is 11.9. The number of hydrogen-bond donors (Lipinski definition) is 0. The van der Waals surface area contributed by atoms with Crippen LogP contribution in [0.15, 0.2) is 24.3 Å². The Kier molecular flexibility index (Phi) is 4.20. The van der Waals surface area contributed by atoms with Crippen molar-refractivity contribution in [2.24, 2.45) is 0 Å². The van der Waals surface area contributed by atoms with Crippen molar-refractivity contribution < 1.29 is 19.0 Å². The van der Waals surface area contributed by atoms with E-state index in [9.17, 15) is 4.79 Å². The van der Waals surface area contributed by atoms with Crippen LogP contribution in [0.1, 0.15) is 24.3 Å². The second kappa shape index (κ2) is 5.87.